The molecule has 0 spiro atoms. The molecule has 4 atom stereocenters. The minimum absolute atomic E-state index is 0.0830. The Bertz CT molecular complexity index is 565. The van der Waals surface area contributed by atoms with Gasteiger partial charge in [-0.15, -0.1) is 0 Å². The number of azide groups is 1. The molecule has 0 bridgehead atoms. The lowest BCUT2D eigenvalue weighted by Gasteiger charge is -2.18. The van der Waals surface area contributed by atoms with Crippen LogP contribution in [0.5, 0.6) is 0 Å². The summed E-state index contributed by atoms with van der Waals surface area (Å²) >= 11 is 0. The topological polar surface area (TPSA) is 129 Å². The molecule has 0 saturated carbocycles. The average molecular weight is 313 g/mol. The maximum Gasteiger partial charge on any atom is 0.430 e. The van der Waals surface area contributed by atoms with E-state index in [1.807, 2.05) is 6.92 Å². The Morgan fingerprint density at radius 1 is 1.67 bits per heavy atom. The second-order valence-corrected chi connectivity index (χ2v) is 6.18. The number of hydrogen-bond acceptors (Lipinski definition) is 5. The van der Waals surface area contributed by atoms with E-state index in [0.29, 0.717) is 12.1 Å². The summed E-state index contributed by atoms with van der Waals surface area (Å²) in [6.07, 6.45) is 2.92. The van der Waals surface area contributed by atoms with E-state index in [4.69, 9.17) is 14.8 Å². The van der Waals surface area contributed by atoms with E-state index in [2.05, 4.69) is 20.1 Å². The lowest BCUT2D eigenvalue weighted by Crippen LogP contribution is -2.25. The first kappa shape index (κ1) is 15.8. The van der Waals surface area contributed by atoms with Crippen LogP contribution in [-0.4, -0.2) is 34.7 Å². The highest BCUT2D eigenvalue weighted by Crippen LogP contribution is 2.42. The summed E-state index contributed by atoms with van der Waals surface area (Å²) in [6.45, 7) is 1.70. The van der Waals surface area contributed by atoms with Crippen molar-refractivity contribution in [3.63, 3.8) is 0 Å². The van der Waals surface area contributed by atoms with E-state index < -0.39 is 19.9 Å². The summed E-state index contributed by atoms with van der Waals surface area (Å²) in [5.74, 6) is 0. The van der Waals surface area contributed by atoms with Gasteiger partial charge in [0.25, 0.3) is 0 Å². The Labute approximate surface area is 121 Å². The lowest BCUT2D eigenvalue weighted by molar-refractivity contribution is 0.0201. The monoisotopic (exact) mass is 313 g/mol. The molecule has 2 unspecified atom stereocenters. The van der Waals surface area contributed by atoms with E-state index in [0.717, 1.165) is 0 Å². The van der Waals surface area contributed by atoms with Gasteiger partial charge in [0.05, 0.1) is 24.9 Å². The molecule has 1 aromatic rings. The fourth-order valence-electron chi connectivity index (χ4n) is 2.07. The molecule has 2 rings (SSSR count). The molecule has 21 heavy (non-hydrogen) atoms. The third-order valence-corrected chi connectivity index (χ3v) is 4.01. The molecule has 1 saturated heterocycles. The van der Waals surface area contributed by atoms with Gasteiger partial charge in [0.1, 0.15) is 0 Å². The van der Waals surface area contributed by atoms with Crippen molar-refractivity contribution in [3.05, 3.63) is 35.0 Å². The van der Waals surface area contributed by atoms with E-state index in [-0.39, 0.29) is 12.7 Å². The molecule has 0 amide bonds. The number of hydrogen-bond donors (Lipinski definition) is 2. The molecule has 1 aromatic heterocycles. The second kappa shape index (κ2) is 6.89. The number of pyridine rings is 1. The van der Waals surface area contributed by atoms with Crippen LogP contribution in [-0.2, 0) is 13.8 Å². The quantitative estimate of drug-likeness (QED) is 0.359. The van der Waals surface area contributed by atoms with Crippen molar-refractivity contribution in [1.29, 1.82) is 0 Å². The Morgan fingerprint density at radius 2 is 2.38 bits per heavy atom. The van der Waals surface area contributed by atoms with Gasteiger partial charge < -0.3 is 9.63 Å². The normalized spacial score (nSPS) is 27.6. The highest BCUT2D eigenvalue weighted by Gasteiger charge is 2.34. The lowest BCUT2D eigenvalue weighted by atomic mass is 10.1. The van der Waals surface area contributed by atoms with Crippen LogP contribution >= 0.6 is 7.75 Å². The van der Waals surface area contributed by atoms with Crippen LogP contribution in [0.15, 0.2) is 29.6 Å². The molecular weight excluding hydrogens is 297 g/mol. The van der Waals surface area contributed by atoms with Crippen LogP contribution in [0.2, 0.25) is 0 Å². The Kier molecular flexibility index (Phi) is 5.17. The minimum Gasteiger partial charge on any atom is -0.372 e. The second-order valence-electron chi connectivity index (χ2n) is 4.66. The average Bonchev–Trinajstić information content (AvgIpc) is 2.78. The molecule has 1 aliphatic heterocycles. The number of rotatable bonds is 6. The number of nitrogens with zero attached hydrogens (tertiary/aromatic N) is 4. The van der Waals surface area contributed by atoms with Gasteiger partial charge >= 0.3 is 7.75 Å². The van der Waals surface area contributed by atoms with Gasteiger partial charge in [0.2, 0.25) is 0 Å². The van der Waals surface area contributed by atoms with Crippen LogP contribution in [0.4, 0.5) is 5.69 Å². The molecule has 1 fully saturated rings. The molecule has 9 nitrogen and oxygen atoms in total. The molecule has 114 valence electrons. The summed E-state index contributed by atoms with van der Waals surface area (Å²) in [4.78, 5) is 16.3. The number of ether oxygens (including phenoxy) is 1. The van der Waals surface area contributed by atoms with Gasteiger partial charge in [-0.2, -0.15) is 0 Å². The van der Waals surface area contributed by atoms with E-state index in [1.54, 1.807) is 12.1 Å². The fraction of sp³-hybridized carbons (Fsp3) is 0.545. The van der Waals surface area contributed by atoms with Gasteiger partial charge in [-0.05, 0) is 31.0 Å². The zero-order chi connectivity index (χ0) is 15.3. The first-order chi connectivity index (χ1) is 10.00. The zero-order valence-corrected chi connectivity index (χ0v) is 12.3. The fourth-order valence-corrected chi connectivity index (χ4v) is 2.96. The molecule has 2 heterocycles. The van der Waals surface area contributed by atoms with Crippen molar-refractivity contribution in [2.24, 2.45) is 5.11 Å². The van der Waals surface area contributed by atoms with Gasteiger partial charge in [-0.1, -0.05) is 5.11 Å². The van der Waals surface area contributed by atoms with Crippen molar-refractivity contribution in [2.45, 2.75) is 31.6 Å². The maximum atomic E-state index is 11.9. The van der Waals surface area contributed by atoms with E-state index >= 15 is 0 Å². The van der Waals surface area contributed by atoms with Crippen LogP contribution in [0, 0.1) is 0 Å². The Hall–Kier alpha value is -1.63. The minimum atomic E-state index is -4.02. The highest BCUT2D eigenvalue weighted by atomic mass is 31.2. The summed E-state index contributed by atoms with van der Waals surface area (Å²) < 4.78 is 22.5. The Balaban J connectivity index is 1.92. The molecule has 0 radical (unpaired) electrons. The van der Waals surface area contributed by atoms with E-state index in [9.17, 15) is 9.46 Å². The van der Waals surface area contributed by atoms with Gasteiger partial charge in [-0.25, -0.2) is 4.57 Å². The standard InChI is InChI=1S/C11H16N5O4P/c1-8-6-10(14-16-12)11(20-8)7-19-21(17,18)15-9-2-4-13-5-3-9/h2-5,8,10-11H,6-7H2,1H3,(H2,13,15,17,18)/t8-,10?,11+/m0/s1. The third-order valence-electron chi connectivity index (χ3n) is 2.97. The number of nitrogens with one attached hydrogen (secondary N) is 1. The maximum absolute atomic E-state index is 11.9. The number of anilines is 1. The molecule has 0 aromatic carbocycles. The Morgan fingerprint density at radius 3 is 3.05 bits per heavy atom. The predicted molar refractivity (Wildman–Crippen MR) is 75.5 cm³/mol. The van der Waals surface area contributed by atoms with Crippen molar-refractivity contribution >= 4 is 13.4 Å². The highest BCUT2D eigenvalue weighted by molar-refractivity contribution is 7.54. The first-order valence-electron chi connectivity index (χ1n) is 6.35. The van der Waals surface area contributed by atoms with Crippen LogP contribution in [0.25, 0.3) is 10.4 Å². The van der Waals surface area contributed by atoms with Crippen LogP contribution < -0.4 is 5.09 Å². The summed E-state index contributed by atoms with van der Waals surface area (Å²) in [5.41, 5.74) is 8.91. The predicted octanol–water partition coefficient (Wildman–Crippen LogP) is 2.47. The van der Waals surface area contributed by atoms with Gasteiger partial charge in [0.15, 0.2) is 0 Å². The van der Waals surface area contributed by atoms with Crippen molar-refractivity contribution in [1.82, 2.24) is 4.98 Å². The van der Waals surface area contributed by atoms with E-state index in [1.165, 1.54) is 12.4 Å². The van der Waals surface area contributed by atoms with Gasteiger partial charge in [-0.3, -0.25) is 14.6 Å². The van der Waals surface area contributed by atoms with Crippen molar-refractivity contribution in [2.75, 3.05) is 11.7 Å². The molecular formula is C11H16N5O4P. The van der Waals surface area contributed by atoms with Crippen LogP contribution in [0.3, 0.4) is 0 Å². The zero-order valence-electron chi connectivity index (χ0n) is 11.4. The smallest absolute Gasteiger partial charge is 0.372 e. The number of aromatic nitrogens is 1. The molecule has 10 heteroatoms. The first-order valence-corrected chi connectivity index (χ1v) is 7.93. The molecule has 2 N–H and O–H groups in total. The third kappa shape index (κ3) is 4.70. The molecule has 1 aliphatic rings. The van der Waals surface area contributed by atoms with Gasteiger partial charge in [0, 0.05) is 23.0 Å². The summed E-state index contributed by atoms with van der Waals surface area (Å²) in [6, 6.07) is 2.69. The largest absolute Gasteiger partial charge is 0.430 e. The molecule has 0 aliphatic carbocycles. The SMILES string of the molecule is C[C@H]1CC(N=[N+]=[N-])[C@@H](COP(=O)(O)Nc2ccncc2)O1. The summed E-state index contributed by atoms with van der Waals surface area (Å²) in [7, 11) is -4.02. The summed E-state index contributed by atoms with van der Waals surface area (Å²) in [5, 5.41) is 6.01. The van der Waals surface area contributed by atoms with Crippen LogP contribution in [0.1, 0.15) is 13.3 Å². The van der Waals surface area contributed by atoms with Crippen molar-refractivity contribution < 1.29 is 18.7 Å². The van der Waals surface area contributed by atoms with Crippen molar-refractivity contribution in [3.8, 4) is 0 Å².